The van der Waals surface area contributed by atoms with E-state index in [2.05, 4.69) is 21.2 Å². The Kier molecular flexibility index (Phi) is 3.17. The Morgan fingerprint density at radius 3 is 2.64 bits per heavy atom. The Morgan fingerprint density at radius 1 is 1.45 bits per heavy atom. The number of carbonyl (C=O) groups is 1. The third-order valence-corrected chi connectivity index (χ3v) is 3.11. The highest BCUT2D eigenvalue weighted by Crippen LogP contribution is 2.24. The summed E-state index contributed by atoms with van der Waals surface area (Å²) >= 11 is 3.51. The minimum absolute atomic E-state index is 0.237. The molecule has 4 heteroatoms. The van der Waals surface area contributed by atoms with E-state index >= 15 is 0 Å². The molecule has 2 amide bonds. The summed E-state index contributed by atoms with van der Waals surface area (Å²) in [4.78, 5) is 10.9. The first-order valence-electron chi connectivity index (χ1n) is 3.90. The maximum absolute atomic E-state index is 10.5. The van der Waals surface area contributed by atoms with Crippen LogP contribution in [0.2, 0.25) is 0 Å². The van der Waals surface area contributed by atoms with Crippen molar-refractivity contribution >= 4 is 22.0 Å². The lowest BCUT2D eigenvalue weighted by atomic mass is 9.95. The second-order valence-electron chi connectivity index (χ2n) is 2.92. The normalized spacial score (nSPS) is 31.4. The fraction of sp³-hybridized carbons (Fsp3) is 0.857. The van der Waals surface area contributed by atoms with Gasteiger partial charge in [0, 0.05) is 10.9 Å². The smallest absolute Gasteiger partial charge is 0.312 e. The molecule has 0 saturated heterocycles. The van der Waals surface area contributed by atoms with E-state index in [0.29, 0.717) is 4.83 Å². The van der Waals surface area contributed by atoms with Crippen LogP contribution < -0.4 is 11.1 Å². The van der Waals surface area contributed by atoms with Gasteiger partial charge in [0.2, 0.25) is 0 Å². The molecule has 0 unspecified atom stereocenters. The fourth-order valence-corrected chi connectivity index (χ4v) is 2.15. The van der Waals surface area contributed by atoms with E-state index < -0.39 is 6.03 Å². The third kappa shape index (κ3) is 2.69. The largest absolute Gasteiger partial charge is 0.352 e. The van der Waals surface area contributed by atoms with Crippen LogP contribution in [0.1, 0.15) is 25.7 Å². The Hall–Kier alpha value is -0.250. The zero-order valence-corrected chi connectivity index (χ0v) is 7.93. The van der Waals surface area contributed by atoms with Gasteiger partial charge in [0.05, 0.1) is 0 Å². The van der Waals surface area contributed by atoms with Crippen LogP contribution in [0.15, 0.2) is 0 Å². The summed E-state index contributed by atoms with van der Waals surface area (Å²) in [5, 5.41) is 2.72. The fourth-order valence-electron chi connectivity index (χ4n) is 1.43. The van der Waals surface area contributed by atoms with Crippen molar-refractivity contribution in [2.75, 3.05) is 0 Å². The van der Waals surface area contributed by atoms with Gasteiger partial charge in [-0.1, -0.05) is 28.8 Å². The maximum atomic E-state index is 10.5. The quantitative estimate of drug-likeness (QED) is 0.645. The van der Waals surface area contributed by atoms with E-state index in [1.165, 1.54) is 12.8 Å². The summed E-state index contributed by atoms with van der Waals surface area (Å²) in [7, 11) is 0. The van der Waals surface area contributed by atoms with Gasteiger partial charge in [-0.3, -0.25) is 0 Å². The van der Waals surface area contributed by atoms with Crippen LogP contribution in [0.3, 0.4) is 0 Å². The highest BCUT2D eigenvalue weighted by atomic mass is 79.9. The van der Waals surface area contributed by atoms with E-state index in [1.807, 2.05) is 0 Å². The van der Waals surface area contributed by atoms with Gasteiger partial charge in [0.1, 0.15) is 0 Å². The minimum atomic E-state index is -0.415. The summed E-state index contributed by atoms with van der Waals surface area (Å²) in [6.45, 7) is 0. The van der Waals surface area contributed by atoms with E-state index in [9.17, 15) is 4.79 Å². The highest BCUT2D eigenvalue weighted by molar-refractivity contribution is 9.09. The number of primary amides is 1. The number of nitrogens with two attached hydrogens (primary N) is 1. The highest BCUT2D eigenvalue weighted by Gasteiger charge is 2.22. The third-order valence-electron chi connectivity index (χ3n) is 2.01. The molecule has 1 fully saturated rings. The topological polar surface area (TPSA) is 55.1 Å². The summed E-state index contributed by atoms with van der Waals surface area (Å²) < 4.78 is 0. The number of halogens is 1. The molecule has 0 radical (unpaired) electrons. The molecule has 0 bridgehead atoms. The van der Waals surface area contributed by atoms with Gasteiger partial charge >= 0.3 is 6.03 Å². The predicted octanol–water partition coefficient (Wildman–Crippen LogP) is 1.36. The Labute approximate surface area is 74.8 Å². The van der Waals surface area contributed by atoms with E-state index in [4.69, 9.17) is 5.73 Å². The summed E-state index contributed by atoms with van der Waals surface area (Å²) in [5.41, 5.74) is 5.01. The van der Waals surface area contributed by atoms with Gasteiger partial charge in [-0.2, -0.15) is 0 Å². The van der Waals surface area contributed by atoms with E-state index in [1.54, 1.807) is 0 Å². The number of rotatable bonds is 1. The molecule has 1 saturated carbocycles. The molecule has 0 aromatic carbocycles. The minimum Gasteiger partial charge on any atom is -0.352 e. The van der Waals surface area contributed by atoms with Crippen LogP contribution in [-0.4, -0.2) is 16.9 Å². The van der Waals surface area contributed by atoms with Crippen molar-refractivity contribution < 1.29 is 4.79 Å². The lowest BCUT2D eigenvalue weighted by Gasteiger charge is -2.27. The Bertz CT molecular complexity index is 151. The molecule has 11 heavy (non-hydrogen) atoms. The van der Waals surface area contributed by atoms with Crippen LogP contribution >= 0.6 is 15.9 Å². The molecule has 2 atom stereocenters. The first kappa shape index (κ1) is 8.84. The van der Waals surface area contributed by atoms with Crippen LogP contribution in [0, 0.1) is 0 Å². The molecular formula is C7H13BrN2O. The summed E-state index contributed by atoms with van der Waals surface area (Å²) in [5.74, 6) is 0. The average molecular weight is 221 g/mol. The Morgan fingerprint density at radius 2 is 2.09 bits per heavy atom. The number of nitrogens with one attached hydrogen (secondary N) is 1. The van der Waals surface area contributed by atoms with Gasteiger partial charge < -0.3 is 11.1 Å². The molecular weight excluding hydrogens is 208 g/mol. The average Bonchev–Trinajstić information content (AvgIpc) is 1.93. The summed E-state index contributed by atoms with van der Waals surface area (Å²) in [6.07, 6.45) is 4.60. The van der Waals surface area contributed by atoms with Crippen LogP contribution in [0.25, 0.3) is 0 Å². The maximum Gasteiger partial charge on any atom is 0.312 e. The molecule has 0 aromatic rings. The molecule has 0 spiro atoms. The van der Waals surface area contributed by atoms with Gasteiger partial charge in [-0.05, 0) is 12.8 Å². The first-order chi connectivity index (χ1) is 5.20. The van der Waals surface area contributed by atoms with Crippen molar-refractivity contribution in [2.45, 2.75) is 36.6 Å². The first-order valence-corrected chi connectivity index (χ1v) is 4.82. The van der Waals surface area contributed by atoms with Crippen molar-refractivity contribution in [1.82, 2.24) is 5.32 Å². The lowest BCUT2D eigenvalue weighted by molar-refractivity contribution is 0.242. The second-order valence-corrected chi connectivity index (χ2v) is 4.09. The van der Waals surface area contributed by atoms with E-state index in [-0.39, 0.29) is 6.04 Å². The zero-order valence-electron chi connectivity index (χ0n) is 6.35. The number of hydrogen-bond acceptors (Lipinski definition) is 1. The zero-order chi connectivity index (χ0) is 8.27. The molecule has 1 rings (SSSR count). The standard InChI is InChI=1S/C7H13BrN2O/c8-5-3-1-2-4-6(5)10-7(9)11/h5-6H,1-4H2,(H3,9,10,11)/t5-,6-/m0/s1. The molecule has 1 aliphatic carbocycles. The van der Waals surface area contributed by atoms with Gasteiger partial charge in [-0.15, -0.1) is 0 Å². The molecule has 3 nitrogen and oxygen atoms in total. The van der Waals surface area contributed by atoms with Crippen molar-refractivity contribution in [2.24, 2.45) is 5.73 Å². The van der Waals surface area contributed by atoms with Crippen LogP contribution in [-0.2, 0) is 0 Å². The predicted molar refractivity (Wildman–Crippen MR) is 47.7 cm³/mol. The molecule has 1 aliphatic rings. The Balaban J connectivity index is 2.35. The van der Waals surface area contributed by atoms with Crippen molar-refractivity contribution in [3.05, 3.63) is 0 Å². The van der Waals surface area contributed by atoms with E-state index in [0.717, 1.165) is 12.8 Å². The lowest BCUT2D eigenvalue weighted by Crippen LogP contribution is -2.45. The van der Waals surface area contributed by atoms with Crippen molar-refractivity contribution in [1.29, 1.82) is 0 Å². The molecule has 0 aliphatic heterocycles. The molecule has 64 valence electrons. The van der Waals surface area contributed by atoms with Crippen molar-refractivity contribution in [3.8, 4) is 0 Å². The number of alkyl halides is 1. The van der Waals surface area contributed by atoms with Crippen LogP contribution in [0.5, 0.6) is 0 Å². The second kappa shape index (κ2) is 3.95. The number of amides is 2. The SMILES string of the molecule is NC(=O)N[C@H]1CCCC[C@@H]1Br. The monoisotopic (exact) mass is 220 g/mol. The van der Waals surface area contributed by atoms with Crippen molar-refractivity contribution in [3.63, 3.8) is 0 Å². The molecule has 0 aromatic heterocycles. The van der Waals surface area contributed by atoms with Gasteiger partial charge in [0.25, 0.3) is 0 Å². The van der Waals surface area contributed by atoms with Gasteiger partial charge in [-0.25, -0.2) is 4.79 Å². The summed E-state index contributed by atoms with van der Waals surface area (Å²) in [6, 6.07) is -0.178. The molecule has 0 heterocycles. The number of urea groups is 1. The number of carbonyl (C=O) groups excluding carboxylic acids is 1. The molecule has 3 N–H and O–H groups in total. The van der Waals surface area contributed by atoms with Gasteiger partial charge in [0.15, 0.2) is 0 Å². The van der Waals surface area contributed by atoms with Crippen LogP contribution in [0.4, 0.5) is 4.79 Å². The number of hydrogen-bond donors (Lipinski definition) is 2.